The number of para-hydroxylation sites is 1. The second-order valence-electron chi connectivity index (χ2n) is 6.50. The van der Waals surface area contributed by atoms with Gasteiger partial charge in [0.15, 0.2) is 6.61 Å². The average molecular weight is 394 g/mol. The lowest BCUT2D eigenvalue weighted by Gasteiger charge is -2.12. The zero-order valence-electron chi connectivity index (χ0n) is 16.3. The summed E-state index contributed by atoms with van der Waals surface area (Å²) in [6.45, 7) is 3.88. The Morgan fingerprint density at radius 1 is 1.14 bits per heavy atom. The number of urea groups is 1. The number of hydrogen-bond acceptors (Lipinski definition) is 5. The molecule has 0 aliphatic carbocycles. The van der Waals surface area contributed by atoms with E-state index in [1.165, 1.54) is 6.08 Å². The zero-order valence-corrected chi connectivity index (χ0v) is 16.3. The van der Waals surface area contributed by atoms with E-state index in [0.29, 0.717) is 11.3 Å². The first kappa shape index (κ1) is 20.1. The van der Waals surface area contributed by atoms with Crippen molar-refractivity contribution in [2.45, 2.75) is 20.4 Å². The van der Waals surface area contributed by atoms with Crippen LogP contribution in [0.2, 0.25) is 0 Å². The first-order chi connectivity index (χ1) is 14.0. The first-order valence-corrected chi connectivity index (χ1v) is 9.25. The molecule has 2 aromatic rings. The van der Waals surface area contributed by atoms with Crippen LogP contribution in [-0.2, 0) is 20.9 Å². The first-order valence-electron chi connectivity index (χ1n) is 9.25. The van der Waals surface area contributed by atoms with Gasteiger partial charge >= 0.3 is 12.0 Å². The highest BCUT2D eigenvalue weighted by Gasteiger charge is 2.33. The molecule has 1 heterocycles. The van der Waals surface area contributed by atoms with Gasteiger partial charge in [-0.25, -0.2) is 9.59 Å². The van der Waals surface area contributed by atoms with Gasteiger partial charge < -0.3 is 14.8 Å². The fourth-order valence-corrected chi connectivity index (χ4v) is 2.93. The van der Waals surface area contributed by atoms with Gasteiger partial charge in [0.1, 0.15) is 11.4 Å². The third-order valence-corrected chi connectivity index (χ3v) is 4.26. The second-order valence-corrected chi connectivity index (χ2v) is 6.50. The third-order valence-electron chi connectivity index (χ3n) is 4.26. The van der Waals surface area contributed by atoms with Crippen LogP contribution in [-0.4, -0.2) is 36.0 Å². The Hall–Kier alpha value is -3.61. The van der Waals surface area contributed by atoms with Gasteiger partial charge in [-0.15, -0.1) is 0 Å². The summed E-state index contributed by atoms with van der Waals surface area (Å²) < 4.78 is 10.4. The third kappa shape index (κ3) is 5.01. The maximum atomic E-state index is 12.7. The van der Waals surface area contributed by atoms with Gasteiger partial charge in [-0.2, -0.15) is 0 Å². The number of nitrogens with zero attached hydrogens (tertiary/aromatic N) is 1. The van der Waals surface area contributed by atoms with Crippen LogP contribution >= 0.6 is 0 Å². The van der Waals surface area contributed by atoms with Crippen LogP contribution in [0, 0.1) is 6.92 Å². The number of benzene rings is 2. The molecular weight excluding hydrogens is 372 g/mol. The standard InChI is InChI=1S/C22H22N2O5/c1-3-28-20(25)14-29-19-10-5-4-9-17(19)12-18-21(26)24(22(27)23-18)13-16-8-6-7-15(2)11-16/h4-12H,3,13-14H2,1-2H3,(H,23,27)/b18-12+. The molecular formula is C22H22N2O5. The molecule has 3 amide bonds. The summed E-state index contributed by atoms with van der Waals surface area (Å²) in [5.74, 6) is -0.492. The van der Waals surface area contributed by atoms with E-state index >= 15 is 0 Å². The van der Waals surface area contributed by atoms with Crippen LogP contribution in [0.25, 0.3) is 6.08 Å². The summed E-state index contributed by atoms with van der Waals surface area (Å²) in [6, 6.07) is 14.1. The molecule has 0 atom stereocenters. The number of carbonyl (C=O) groups is 3. The number of amides is 3. The Morgan fingerprint density at radius 3 is 2.69 bits per heavy atom. The number of imide groups is 1. The molecule has 1 saturated heterocycles. The van der Waals surface area contributed by atoms with Crippen molar-refractivity contribution >= 4 is 24.0 Å². The lowest BCUT2D eigenvalue weighted by Crippen LogP contribution is -2.30. The number of ether oxygens (including phenoxy) is 2. The molecule has 0 bridgehead atoms. The minimum Gasteiger partial charge on any atom is -0.481 e. The average Bonchev–Trinajstić information content (AvgIpc) is 2.95. The number of rotatable bonds is 7. The Balaban J connectivity index is 1.76. The molecule has 1 N–H and O–H groups in total. The van der Waals surface area contributed by atoms with Gasteiger partial charge in [0.25, 0.3) is 5.91 Å². The van der Waals surface area contributed by atoms with E-state index in [0.717, 1.165) is 16.0 Å². The quantitative estimate of drug-likeness (QED) is 0.443. The van der Waals surface area contributed by atoms with Gasteiger partial charge in [0.2, 0.25) is 0 Å². The molecule has 3 rings (SSSR count). The SMILES string of the molecule is CCOC(=O)COc1ccccc1/C=C1/NC(=O)N(Cc2cccc(C)c2)C1=O. The van der Waals surface area contributed by atoms with E-state index in [-0.39, 0.29) is 25.5 Å². The number of esters is 1. The molecule has 0 saturated carbocycles. The van der Waals surface area contributed by atoms with Gasteiger partial charge in [-0.3, -0.25) is 9.69 Å². The lowest BCUT2D eigenvalue weighted by atomic mass is 10.1. The summed E-state index contributed by atoms with van der Waals surface area (Å²) >= 11 is 0. The molecule has 0 aromatic heterocycles. The Morgan fingerprint density at radius 2 is 1.93 bits per heavy atom. The zero-order chi connectivity index (χ0) is 20.8. The minimum atomic E-state index is -0.482. The van der Waals surface area contributed by atoms with Crippen molar-refractivity contribution in [1.29, 1.82) is 0 Å². The highest BCUT2D eigenvalue weighted by Crippen LogP contribution is 2.23. The number of aryl methyl sites for hydroxylation is 1. The van der Waals surface area contributed by atoms with Crippen molar-refractivity contribution < 1.29 is 23.9 Å². The monoisotopic (exact) mass is 394 g/mol. The largest absolute Gasteiger partial charge is 0.481 e. The molecule has 1 fully saturated rings. The van der Waals surface area contributed by atoms with E-state index in [1.54, 1.807) is 31.2 Å². The highest BCUT2D eigenvalue weighted by molar-refractivity contribution is 6.14. The van der Waals surface area contributed by atoms with Crippen LogP contribution < -0.4 is 10.1 Å². The maximum Gasteiger partial charge on any atom is 0.344 e. The fourth-order valence-electron chi connectivity index (χ4n) is 2.93. The van der Waals surface area contributed by atoms with E-state index < -0.39 is 17.9 Å². The molecule has 7 heteroatoms. The Kier molecular flexibility index (Phi) is 6.29. The molecule has 0 radical (unpaired) electrons. The predicted octanol–water partition coefficient (Wildman–Crippen LogP) is 3.03. The van der Waals surface area contributed by atoms with Crippen molar-refractivity contribution in [3.8, 4) is 5.75 Å². The van der Waals surface area contributed by atoms with Gasteiger partial charge in [-0.05, 0) is 31.6 Å². The van der Waals surface area contributed by atoms with E-state index in [9.17, 15) is 14.4 Å². The molecule has 0 unspecified atom stereocenters. The fraction of sp³-hybridized carbons (Fsp3) is 0.227. The van der Waals surface area contributed by atoms with Crippen LogP contribution in [0.1, 0.15) is 23.6 Å². The van der Waals surface area contributed by atoms with Crippen molar-refractivity contribution in [2.75, 3.05) is 13.2 Å². The van der Waals surface area contributed by atoms with Gasteiger partial charge in [-0.1, -0.05) is 48.0 Å². The second kappa shape index (κ2) is 9.05. The van der Waals surface area contributed by atoms with Gasteiger partial charge in [0.05, 0.1) is 13.2 Å². The van der Waals surface area contributed by atoms with E-state index in [2.05, 4.69) is 5.32 Å². The molecule has 1 aliphatic heterocycles. The lowest BCUT2D eigenvalue weighted by molar-refractivity contribution is -0.145. The molecule has 0 spiro atoms. The number of carbonyl (C=O) groups excluding carboxylic acids is 3. The van der Waals surface area contributed by atoms with Gasteiger partial charge in [0, 0.05) is 5.56 Å². The summed E-state index contributed by atoms with van der Waals surface area (Å²) in [4.78, 5) is 37.7. The molecule has 7 nitrogen and oxygen atoms in total. The summed E-state index contributed by atoms with van der Waals surface area (Å²) in [6.07, 6.45) is 1.54. The smallest absolute Gasteiger partial charge is 0.344 e. The molecule has 1 aliphatic rings. The summed E-state index contributed by atoms with van der Waals surface area (Å²) in [5, 5.41) is 2.60. The topological polar surface area (TPSA) is 84.9 Å². The van der Waals surface area contributed by atoms with Crippen molar-refractivity contribution in [1.82, 2.24) is 10.2 Å². The molecule has 2 aromatic carbocycles. The Labute approximate surface area is 168 Å². The molecule has 150 valence electrons. The Bertz CT molecular complexity index is 967. The number of hydrogen-bond donors (Lipinski definition) is 1. The van der Waals surface area contributed by atoms with Crippen LogP contribution in [0.3, 0.4) is 0 Å². The normalized spacial score (nSPS) is 14.8. The van der Waals surface area contributed by atoms with Crippen molar-refractivity contribution in [2.24, 2.45) is 0 Å². The number of nitrogens with one attached hydrogen (secondary N) is 1. The van der Waals surface area contributed by atoms with Crippen molar-refractivity contribution in [3.63, 3.8) is 0 Å². The minimum absolute atomic E-state index is 0.148. The molecule has 29 heavy (non-hydrogen) atoms. The van der Waals surface area contributed by atoms with Crippen LogP contribution in [0.5, 0.6) is 5.75 Å². The van der Waals surface area contributed by atoms with Crippen LogP contribution in [0.15, 0.2) is 54.2 Å². The summed E-state index contributed by atoms with van der Waals surface area (Å²) in [5.41, 5.74) is 2.64. The predicted molar refractivity (Wildman–Crippen MR) is 107 cm³/mol. The van der Waals surface area contributed by atoms with Crippen molar-refractivity contribution in [3.05, 3.63) is 70.9 Å². The van der Waals surface area contributed by atoms with E-state index in [1.807, 2.05) is 31.2 Å². The summed E-state index contributed by atoms with van der Waals surface area (Å²) in [7, 11) is 0. The maximum absolute atomic E-state index is 12.7. The van der Waals surface area contributed by atoms with Crippen LogP contribution in [0.4, 0.5) is 4.79 Å². The highest BCUT2D eigenvalue weighted by atomic mass is 16.6. The van der Waals surface area contributed by atoms with E-state index in [4.69, 9.17) is 9.47 Å².